The van der Waals surface area contributed by atoms with Gasteiger partial charge in [0, 0.05) is 6.04 Å². The highest BCUT2D eigenvalue weighted by Crippen LogP contribution is 2.39. The van der Waals surface area contributed by atoms with Crippen LogP contribution in [0, 0.1) is 11.8 Å². The van der Waals surface area contributed by atoms with Gasteiger partial charge in [-0.2, -0.15) is 0 Å². The van der Waals surface area contributed by atoms with E-state index in [0.29, 0.717) is 12.5 Å². The SMILES string of the molecule is C=C(C)C1CCC(C)(O)C(N2CCC(C(=O)OCC)CC2)C1. The average Bonchev–Trinajstić information content (AvgIpc) is 2.47. The highest BCUT2D eigenvalue weighted by atomic mass is 16.5. The molecule has 22 heavy (non-hydrogen) atoms. The number of carbonyl (C=O) groups is 1. The van der Waals surface area contributed by atoms with Gasteiger partial charge in [0.2, 0.25) is 0 Å². The molecule has 1 N–H and O–H groups in total. The van der Waals surface area contributed by atoms with Gasteiger partial charge in [-0.3, -0.25) is 9.69 Å². The standard InChI is InChI=1S/C18H31NO3/c1-5-22-17(20)14-7-10-19(11-8-14)16-12-15(13(2)3)6-9-18(16,4)21/h14-16,21H,2,5-12H2,1,3-4H3. The second-order valence-corrected chi connectivity index (χ2v) is 7.25. The zero-order chi connectivity index (χ0) is 16.3. The second kappa shape index (κ2) is 7.14. The van der Waals surface area contributed by atoms with Crippen molar-refractivity contribution >= 4 is 5.97 Å². The molecule has 1 saturated heterocycles. The fraction of sp³-hybridized carbons (Fsp3) is 0.833. The molecule has 4 heteroatoms. The third-order valence-electron chi connectivity index (χ3n) is 5.51. The number of piperidine rings is 1. The number of aliphatic hydroxyl groups is 1. The van der Waals surface area contributed by atoms with E-state index in [1.165, 1.54) is 5.57 Å². The summed E-state index contributed by atoms with van der Waals surface area (Å²) in [6.45, 7) is 12.2. The van der Waals surface area contributed by atoms with Crippen molar-refractivity contribution in [1.29, 1.82) is 0 Å². The highest BCUT2D eigenvalue weighted by molar-refractivity contribution is 5.72. The summed E-state index contributed by atoms with van der Waals surface area (Å²) < 4.78 is 5.13. The van der Waals surface area contributed by atoms with E-state index < -0.39 is 5.60 Å². The predicted molar refractivity (Wildman–Crippen MR) is 87.5 cm³/mol. The van der Waals surface area contributed by atoms with Gasteiger partial charge in [-0.1, -0.05) is 12.2 Å². The second-order valence-electron chi connectivity index (χ2n) is 7.25. The number of hydrogen-bond acceptors (Lipinski definition) is 4. The van der Waals surface area contributed by atoms with E-state index in [4.69, 9.17) is 4.74 Å². The lowest BCUT2D eigenvalue weighted by atomic mass is 9.72. The van der Waals surface area contributed by atoms with Crippen LogP contribution in [0.2, 0.25) is 0 Å². The quantitative estimate of drug-likeness (QED) is 0.641. The van der Waals surface area contributed by atoms with E-state index in [2.05, 4.69) is 18.4 Å². The molecule has 1 aliphatic heterocycles. The van der Waals surface area contributed by atoms with Gasteiger partial charge in [0.15, 0.2) is 0 Å². The van der Waals surface area contributed by atoms with Crippen LogP contribution < -0.4 is 0 Å². The smallest absolute Gasteiger partial charge is 0.309 e. The molecule has 0 spiro atoms. The molecule has 0 aromatic carbocycles. The van der Waals surface area contributed by atoms with Gasteiger partial charge >= 0.3 is 5.97 Å². The van der Waals surface area contributed by atoms with Crippen LogP contribution in [0.3, 0.4) is 0 Å². The first-order chi connectivity index (χ1) is 10.3. The van der Waals surface area contributed by atoms with E-state index >= 15 is 0 Å². The van der Waals surface area contributed by atoms with Crippen molar-refractivity contribution in [2.24, 2.45) is 11.8 Å². The van der Waals surface area contributed by atoms with Gasteiger partial charge < -0.3 is 9.84 Å². The topological polar surface area (TPSA) is 49.8 Å². The Hall–Kier alpha value is -0.870. The summed E-state index contributed by atoms with van der Waals surface area (Å²) >= 11 is 0. The monoisotopic (exact) mass is 309 g/mol. The van der Waals surface area contributed by atoms with Crippen LogP contribution in [0.1, 0.15) is 52.9 Å². The molecule has 1 saturated carbocycles. The molecule has 1 aliphatic carbocycles. The maximum Gasteiger partial charge on any atom is 0.309 e. The minimum absolute atomic E-state index is 0.0293. The van der Waals surface area contributed by atoms with Crippen molar-refractivity contribution in [3.05, 3.63) is 12.2 Å². The first-order valence-corrected chi connectivity index (χ1v) is 8.63. The van der Waals surface area contributed by atoms with Crippen LogP contribution in [0.15, 0.2) is 12.2 Å². The Morgan fingerprint density at radius 1 is 1.32 bits per heavy atom. The molecule has 2 aliphatic rings. The fourth-order valence-corrected chi connectivity index (χ4v) is 3.97. The molecule has 3 unspecified atom stereocenters. The van der Waals surface area contributed by atoms with Crippen molar-refractivity contribution in [3.63, 3.8) is 0 Å². The van der Waals surface area contributed by atoms with Crippen LogP contribution in [0.5, 0.6) is 0 Å². The number of rotatable bonds is 4. The van der Waals surface area contributed by atoms with Crippen LogP contribution in [-0.4, -0.2) is 47.3 Å². The number of allylic oxidation sites excluding steroid dienone is 1. The van der Waals surface area contributed by atoms with Crippen molar-refractivity contribution < 1.29 is 14.6 Å². The van der Waals surface area contributed by atoms with Gasteiger partial charge in [-0.15, -0.1) is 0 Å². The highest BCUT2D eigenvalue weighted by Gasteiger charge is 2.43. The van der Waals surface area contributed by atoms with E-state index in [0.717, 1.165) is 45.2 Å². The molecule has 0 aromatic rings. The molecule has 4 nitrogen and oxygen atoms in total. The minimum atomic E-state index is -0.636. The first kappa shape index (κ1) is 17.5. The summed E-state index contributed by atoms with van der Waals surface area (Å²) in [4.78, 5) is 14.2. The zero-order valence-electron chi connectivity index (χ0n) is 14.3. The predicted octanol–water partition coefficient (Wildman–Crippen LogP) is 2.76. The first-order valence-electron chi connectivity index (χ1n) is 8.63. The molecule has 2 rings (SSSR count). The van der Waals surface area contributed by atoms with E-state index in [9.17, 15) is 9.90 Å². The Bertz CT molecular complexity index is 411. The Morgan fingerprint density at radius 2 is 1.95 bits per heavy atom. The summed E-state index contributed by atoms with van der Waals surface area (Å²) in [5.41, 5.74) is 0.588. The maximum absolute atomic E-state index is 11.8. The third-order valence-corrected chi connectivity index (χ3v) is 5.51. The number of ether oxygens (including phenoxy) is 1. The van der Waals surface area contributed by atoms with Gasteiger partial charge in [0.1, 0.15) is 0 Å². The molecule has 1 heterocycles. The van der Waals surface area contributed by atoms with Crippen molar-refractivity contribution in [2.75, 3.05) is 19.7 Å². The van der Waals surface area contributed by atoms with E-state index in [1.54, 1.807) is 0 Å². The Balaban J connectivity index is 1.96. The lowest BCUT2D eigenvalue weighted by Crippen LogP contribution is -2.56. The Kier molecular flexibility index (Phi) is 5.67. The number of carbonyl (C=O) groups excluding carboxylic acids is 1. The summed E-state index contributed by atoms with van der Waals surface area (Å²) in [6, 6.07) is 0.172. The molecule has 3 atom stereocenters. The summed E-state index contributed by atoms with van der Waals surface area (Å²) in [7, 11) is 0. The lowest BCUT2D eigenvalue weighted by molar-refractivity contribution is -0.150. The molecule has 0 radical (unpaired) electrons. The molecule has 0 amide bonds. The summed E-state index contributed by atoms with van der Waals surface area (Å²) in [6.07, 6.45) is 4.50. The van der Waals surface area contributed by atoms with Gasteiger partial charge in [0.25, 0.3) is 0 Å². The largest absolute Gasteiger partial charge is 0.466 e. The van der Waals surface area contributed by atoms with Gasteiger partial charge in [-0.05, 0) is 71.9 Å². The number of esters is 1. The zero-order valence-corrected chi connectivity index (χ0v) is 14.3. The maximum atomic E-state index is 11.8. The van der Waals surface area contributed by atoms with E-state index in [-0.39, 0.29) is 17.9 Å². The van der Waals surface area contributed by atoms with Crippen LogP contribution >= 0.6 is 0 Å². The summed E-state index contributed by atoms with van der Waals surface area (Å²) in [5, 5.41) is 10.8. The minimum Gasteiger partial charge on any atom is -0.466 e. The van der Waals surface area contributed by atoms with Crippen LogP contribution in [0.4, 0.5) is 0 Å². The van der Waals surface area contributed by atoms with Gasteiger partial charge in [0.05, 0.1) is 18.1 Å². The van der Waals surface area contributed by atoms with E-state index in [1.807, 2.05) is 13.8 Å². The van der Waals surface area contributed by atoms with Crippen molar-refractivity contribution in [1.82, 2.24) is 4.90 Å². The van der Waals surface area contributed by atoms with Crippen molar-refractivity contribution in [2.45, 2.75) is 64.5 Å². The normalized spacial score (nSPS) is 34.4. The molecule has 126 valence electrons. The van der Waals surface area contributed by atoms with Crippen molar-refractivity contribution in [3.8, 4) is 0 Å². The molecule has 2 fully saturated rings. The lowest BCUT2D eigenvalue weighted by Gasteiger charge is -2.48. The van der Waals surface area contributed by atoms with Crippen LogP contribution in [0.25, 0.3) is 0 Å². The number of hydrogen-bond donors (Lipinski definition) is 1. The Morgan fingerprint density at radius 3 is 2.50 bits per heavy atom. The molecule has 0 aromatic heterocycles. The summed E-state index contributed by atoms with van der Waals surface area (Å²) in [5.74, 6) is 0.479. The third kappa shape index (κ3) is 3.90. The number of likely N-dealkylation sites (tertiary alicyclic amines) is 1. The van der Waals surface area contributed by atoms with Gasteiger partial charge in [-0.25, -0.2) is 0 Å². The molecular formula is C18H31NO3. The molecule has 0 bridgehead atoms. The fourth-order valence-electron chi connectivity index (χ4n) is 3.97. The molecular weight excluding hydrogens is 278 g/mol. The Labute approximate surface area is 134 Å². The average molecular weight is 309 g/mol. The number of nitrogens with zero attached hydrogens (tertiary/aromatic N) is 1. The van der Waals surface area contributed by atoms with Crippen LogP contribution in [-0.2, 0) is 9.53 Å².